The highest BCUT2D eigenvalue weighted by molar-refractivity contribution is 5.40. The third-order valence-corrected chi connectivity index (χ3v) is 3.26. The van der Waals surface area contributed by atoms with Crippen LogP contribution in [0, 0.1) is 0 Å². The van der Waals surface area contributed by atoms with Gasteiger partial charge in [-0.2, -0.15) is 0 Å². The first-order chi connectivity index (χ1) is 6.98. The van der Waals surface area contributed by atoms with Crippen molar-refractivity contribution in [1.29, 1.82) is 0 Å². The minimum Gasteiger partial charge on any atom is -0.302 e. The van der Waals surface area contributed by atoms with E-state index in [9.17, 15) is 0 Å². The summed E-state index contributed by atoms with van der Waals surface area (Å²) in [7, 11) is 2.20. The molecule has 1 aromatic carbocycles. The zero-order chi connectivity index (χ0) is 11.1. The maximum atomic E-state index is 2.40. The van der Waals surface area contributed by atoms with Gasteiger partial charge in [-0.25, -0.2) is 0 Å². The Morgan fingerprint density at radius 2 is 1.93 bits per heavy atom. The van der Waals surface area contributed by atoms with Crippen LogP contribution in [0.2, 0.25) is 0 Å². The van der Waals surface area contributed by atoms with Crippen molar-refractivity contribution in [2.24, 2.45) is 0 Å². The first-order valence-electron chi connectivity index (χ1n) is 5.78. The van der Waals surface area contributed by atoms with Gasteiger partial charge in [-0.3, -0.25) is 0 Å². The van der Waals surface area contributed by atoms with Gasteiger partial charge in [-0.15, -0.1) is 0 Å². The molecule has 0 N–H and O–H groups in total. The Bertz CT molecular complexity index is 360. The van der Waals surface area contributed by atoms with Crippen LogP contribution >= 0.6 is 0 Å². The highest BCUT2D eigenvalue weighted by Gasteiger charge is 2.22. The summed E-state index contributed by atoms with van der Waals surface area (Å²) in [4.78, 5) is 2.40. The fourth-order valence-electron chi connectivity index (χ4n) is 2.45. The molecule has 1 aliphatic rings. The second-order valence-electron chi connectivity index (χ2n) is 5.68. The lowest BCUT2D eigenvalue weighted by molar-refractivity contribution is 0.310. The fourth-order valence-corrected chi connectivity index (χ4v) is 2.45. The summed E-state index contributed by atoms with van der Waals surface area (Å²) in [5, 5.41) is 0. The van der Waals surface area contributed by atoms with Gasteiger partial charge in [0.15, 0.2) is 0 Å². The number of nitrogens with zero attached hydrogens (tertiary/aromatic N) is 1. The van der Waals surface area contributed by atoms with Crippen LogP contribution < -0.4 is 0 Å². The van der Waals surface area contributed by atoms with E-state index in [2.05, 4.69) is 50.9 Å². The number of hydrogen-bond donors (Lipinski definition) is 0. The lowest BCUT2D eigenvalue weighted by Crippen LogP contribution is -2.29. The topological polar surface area (TPSA) is 3.24 Å². The molecule has 0 bridgehead atoms. The Hall–Kier alpha value is -0.820. The molecule has 1 heteroatoms. The minimum atomic E-state index is 0.279. The van der Waals surface area contributed by atoms with E-state index in [1.54, 1.807) is 5.56 Å². The van der Waals surface area contributed by atoms with Crippen LogP contribution in [0.5, 0.6) is 0 Å². The van der Waals surface area contributed by atoms with Gasteiger partial charge in [0, 0.05) is 13.1 Å². The summed E-state index contributed by atoms with van der Waals surface area (Å²) in [6.45, 7) is 9.22. The molecule has 0 atom stereocenters. The Labute approximate surface area is 93.1 Å². The van der Waals surface area contributed by atoms with Crippen molar-refractivity contribution in [3.8, 4) is 0 Å². The minimum absolute atomic E-state index is 0.279. The molecular formula is C14H21N. The molecule has 82 valence electrons. The van der Waals surface area contributed by atoms with Gasteiger partial charge in [0.2, 0.25) is 0 Å². The van der Waals surface area contributed by atoms with E-state index in [1.165, 1.54) is 24.1 Å². The van der Waals surface area contributed by atoms with Gasteiger partial charge >= 0.3 is 0 Å². The molecule has 2 rings (SSSR count). The van der Waals surface area contributed by atoms with Crippen molar-refractivity contribution in [3.63, 3.8) is 0 Å². The summed E-state index contributed by atoms with van der Waals surface area (Å²) in [5.74, 6) is 0. The third kappa shape index (κ3) is 2.07. The Morgan fingerprint density at radius 3 is 2.60 bits per heavy atom. The van der Waals surface area contributed by atoms with Crippen molar-refractivity contribution in [3.05, 3.63) is 34.9 Å². The van der Waals surface area contributed by atoms with Crippen LogP contribution in [-0.2, 0) is 18.4 Å². The quantitative estimate of drug-likeness (QED) is 0.626. The van der Waals surface area contributed by atoms with Gasteiger partial charge in [-0.1, -0.05) is 39.0 Å². The lowest BCUT2D eigenvalue weighted by Gasteiger charge is -2.31. The predicted octanol–water partition coefficient (Wildman–Crippen LogP) is 2.97. The molecule has 0 saturated heterocycles. The maximum absolute atomic E-state index is 2.40. The smallest absolute Gasteiger partial charge is 0.0233 e. The summed E-state index contributed by atoms with van der Waals surface area (Å²) >= 11 is 0. The zero-order valence-corrected chi connectivity index (χ0v) is 10.3. The summed E-state index contributed by atoms with van der Waals surface area (Å²) in [6.07, 6.45) is 1.21. The zero-order valence-electron chi connectivity index (χ0n) is 10.3. The molecule has 0 radical (unpaired) electrons. The van der Waals surface area contributed by atoms with Gasteiger partial charge in [-0.05, 0) is 35.6 Å². The molecule has 0 spiro atoms. The standard InChI is InChI=1S/C14H21N/c1-14(2,3)13-7-5-6-11-10-15(4)9-8-12(11)13/h5-7H,8-10H2,1-4H3. The van der Waals surface area contributed by atoms with Gasteiger partial charge in [0.05, 0.1) is 0 Å². The van der Waals surface area contributed by atoms with Crippen molar-refractivity contribution in [1.82, 2.24) is 4.90 Å². The van der Waals surface area contributed by atoms with Gasteiger partial charge < -0.3 is 4.90 Å². The molecule has 0 amide bonds. The average molecular weight is 203 g/mol. The summed E-state index contributed by atoms with van der Waals surface area (Å²) < 4.78 is 0. The normalized spacial score (nSPS) is 17.6. The molecule has 1 aromatic rings. The largest absolute Gasteiger partial charge is 0.302 e. The van der Waals surface area contributed by atoms with Crippen LogP contribution in [0.25, 0.3) is 0 Å². The highest BCUT2D eigenvalue weighted by atomic mass is 15.1. The van der Waals surface area contributed by atoms with Crippen LogP contribution in [-0.4, -0.2) is 18.5 Å². The molecule has 0 aromatic heterocycles. The Kier molecular flexibility index (Phi) is 2.59. The molecular weight excluding hydrogens is 182 g/mol. The number of hydrogen-bond acceptors (Lipinski definition) is 1. The first kappa shape index (κ1) is 10.7. The predicted molar refractivity (Wildman–Crippen MR) is 65.2 cm³/mol. The van der Waals surface area contributed by atoms with E-state index in [1.807, 2.05) is 0 Å². The van der Waals surface area contributed by atoms with Crippen molar-refractivity contribution >= 4 is 0 Å². The number of fused-ring (bicyclic) bond motifs is 1. The van der Waals surface area contributed by atoms with E-state index in [4.69, 9.17) is 0 Å². The molecule has 0 aliphatic carbocycles. The second-order valence-corrected chi connectivity index (χ2v) is 5.68. The van der Waals surface area contributed by atoms with E-state index in [0.29, 0.717) is 0 Å². The third-order valence-electron chi connectivity index (χ3n) is 3.26. The Morgan fingerprint density at radius 1 is 1.20 bits per heavy atom. The highest BCUT2D eigenvalue weighted by Crippen LogP contribution is 2.30. The van der Waals surface area contributed by atoms with Crippen LogP contribution in [0.15, 0.2) is 18.2 Å². The molecule has 0 unspecified atom stereocenters. The summed E-state index contributed by atoms with van der Waals surface area (Å²) in [6, 6.07) is 6.78. The molecule has 0 saturated carbocycles. The van der Waals surface area contributed by atoms with Gasteiger partial charge in [0.25, 0.3) is 0 Å². The van der Waals surface area contributed by atoms with Crippen LogP contribution in [0.3, 0.4) is 0 Å². The Balaban J connectivity index is 2.47. The van der Waals surface area contributed by atoms with Gasteiger partial charge in [0.1, 0.15) is 0 Å². The average Bonchev–Trinajstić information content (AvgIpc) is 2.15. The number of likely N-dealkylation sites (N-methyl/N-ethyl adjacent to an activating group) is 1. The van der Waals surface area contributed by atoms with E-state index in [-0.39, 0.29) is 5.41 Å². The number of benzene rings is 1. The SMILES string of the molecule is CN1CCc2c(cccc2C(C)(C)C)C1. The monoisotopic (exact) mass is 203 g/mol. The van der Waals surface area contributed by atoms with Crippen LogP contribution in [0.4, 0.5) is 0 Å². The van der Waals surface area contributed by atoms with E-state index < -0.39 is 0 Å². The van der Waals surface area contributed by atoms with Crippen molar-refractivity contribution in [2.75, 3.05) is 13.6 Å². The molecule has 0 fully saturated rings. The number of rotatable bonds is 0. The molecule has 1 aliphatic heterocycles. The van der Waals surface area contributed by atoms with Crippen molar-refractivity contribution in [2.45, 2.75) is 39.2 Å². The van der Waals surface area contributed by atoms with E-state index >= 15 is 0 Å². The molecule has 1 heterocycles. The molecule has 15 heavy (non-hydrogen) atoms. The van der Waals surface area contributed by atoms with Crippen molar-refractivity contribution < 1.29 is 0 Å². The fraction of sp³-hybridized carbons (Fsp3) is 0.571. The maximum Gasteiger partial charge on any atom is 0.0233 e. The van der Waals surface area contributed by atoms with Crippen LogP contribution in [0.1, 0.15) is 37.5 Å². The van der Waals surface area contributed by atoms with E-state index in [0.717, 1.165) is 6.54 Å². The molecule has 1 nitrogen and oxygen atoms in total. The second kappa shape index (κ2) is 3.64. The first-order valence-corrected chi connectivity index (χ1v) is 5.78. The lowest BCUT2D eigenvalue weighted by atomic mass is 9.80. The summed E-state index contributed by atoms with van der Waals surface area (Å²) in [5.41, 5.74) is 4.94.